The number of rotatable bonds is 6. The third-order valence-electron chi connectivity index (χ3n) is 3.98. The van der Waals surface area contributed by atoms with Crippen LogP contribution in [-0.2, 0) is 10.3 Å². The van der Waals surface area contributed by atoms with Crippen molar-refractivity contribution in [3.05, 3.63) is 36.4 Å². The first-order valence-electron chi connectivity index (χ1n) is 7.27. The fourth-order valence-electron chi connectivity index (χ4n) is 2.61. The Hall–Kier alpha value is -2.57. The van der Waals surface area contributed by atoms with Gasteiger partial charge in [-0.15, -0.1) is 0 Å². The van der Waals surface area contributed by atoms with Gasteiger partial charge in [-0.2, -0.15) is 5.10 Å². The Morgan fingerprint density at radius 1 is 1.45 bits per heavy atom. The second-order valence-corrected chi connectivity index (χ2v) is 5.40. The van der Waals surface area contributed by atoms with Gasteiger partial charge in [0.25, 0.3) is 0 Å². The number of hydrogen-bond acceptors (Lipinski definition) is 5. The number of amides is 1. The largest absolute Gasteiger partial charge is 0.497 e. The number of nitrogens with one attached hydrogen (secondary N) is 3. The molecule has 1 aromatic heterocycles. The zero-order chi connectivity index (χ0) is 15.4. The van der Waals surface area contributed by atoms with Crippen LogP contribution in [0.1, 0.15) is 25.1 Å². The maximum absolute atomic E-state index is 12.2. The van der Waals surface area contributed by atoms with E-state index in [9.17, 15) is 4.79 Å². The summed E-state index contributed by atoms with van der Waals surface area (Å²) in [6, 6.07) is 7.48. The predicted octanol–water partition coefficient (Wildman–Crippen LogP) is 1.42. The molecular weight excluding hydrogens is 282 g/mol. The van der Waals surface area contributed by atoms with Gasteiger partial charge in [0.05, 0.1) is 19.2 Å². The first-order valence-corrected chi connectivity index (χ1v) is 7.27. The van der Waals surface area contributed by atoms with Crippen molar-refractivity contribution < 1.29 is 9.53 Å². The number of H-pyrrole nitrogens is 1. The van der Waals surface area contributed by atoms with Gasteiger partial charge < -0.3 is 15.4 Å². The normalized spacial score (nSPS) is 15.7. The van der Waals surface area contributed by atoms with E-state index in [1.54, 1.807) is 7.11 Å². The van der Waals surface area contributed by atoms with E-state index < -0.39 is 0 Å². The molecule has 3 N–H and O–H groups in total. The maximum Gasteiger partial charge on any atom is 0.240 e. The Kier molecular flexibility index (Phi) is 3.95. The molecule has 2 aromatic rings. The summed E-state index contributed by atoms with van der Waals surface area (Å²) in [4.78, 5) is 16.4. The Morgan fingerprint density at radius 2 is 2.32 bits per heavy atom. The maximum atomic E-state index is 12.2. The standard InChI is InChI=1S/C15H19N5O2/c1-22-12-5-2-4-11(8-12)16-9-13(21)19-15(6-3-7-15)14-17-10-18-20-14/h2,4-5,8,10,16H,3,6-7,9H2,1H3,(H,19,21)(H,17,18,20). The molecule has 0 saturated heterocycles. The molecule has 1 aliphatic carbocycles. The number of benzene rings is 1. The second-order valence-electron chi connectivity index (χ2n) is 5.40. The topological polar surface area (TPSA) is 91.9 Å². The number of ether oxygens (including phenoxy) is 1. The van der Waals surface area contributed by atoms with Crippen molar-refractivity contribution >= 4 is 11.6 Å². The first-order chi connectivity index (χ1) is 10.7. The van der Waals surface area contributed by atoms with Crippen molar-refractivity contribution in [2.24, 2.45) is 0 Å². The molecule has 1 aromatic carbocycles. The van der Waals surface area contributed by atoms with Gasteiger partial charge in [-0.05, 0) is 31.4 Å². The molecule has 0 bridgehead atoms. The summed E-state index contributed by atoms with van der Waals surface area (Å²) in [6.07, 6.45) is 4.31. The fraction of sp³-hybridized carbons (Fsp3) is 0.400. The Bertz CT molecular complexity index is 637. The number of carbonyl (C=O) groups excluding carboxylic acids is 1. The van der Waals surface area contributed by atoms with Crippen molar-refractivity contribution in [1.29, 1.82) is 0 Å². The molecular formula is C15H19N5O2. The minimum absolute atomic E-state index is 0.0704. The second kappa shape index (κ2) is 6.05. The number of carbonyl (C=O) groups is 1. The highest BCUT2D eigenvalue weighted by Crippen LogP contribution is 2.39. The van der Waals surface area contributed by atoms with Crippen LogP contribution in [0.15, 0.2) is 30.6 Å². The molecule has 0 spiro atoms. The lowest BCUT2D eigenvalue weighted by atomic mass is 9.76. The predicted molar refractivity (Wildman–Crippen MR) is 81.5 cm³/mol. The van der Waals surface area contributed by atoms with E-state index >= 15 is 0 Å². The van der Waals surface area contributed by atoms with Crippen LogP contribution in [0.3, 0.4) is 0 Å². The average Bonchev–Trinajstić information content (AvgIpc) is 3.03. The zero-order valence-corrected chi connectivity index (χ0v) is 12.4. The van der Waals surface area contributed by atoms with Gasteiger partial charge in [0, 0.05) is 11.8 Å². The zero-order valence-electron chi connectivity index (χ0n) is 12.4. The van der Waals surface area contributed by atoms with Gasteiger partial charge in [0.1, 0.15) is 17.9 Å². The summed E-state index contributed by atoms with van der Waals surface area (Å²) in [5.41, 5.74) is 0.459. The van der Waals surface area contributed by atoms with Gasteiger partial charge >= 0.3 is 0 Å². The van der Waals surface area contributed by atoms with Gasteiger partial charge in [0.2, 0.25) is 5.91 Å². The Labute approximate surface area is 128 Å². The van der Waals surface area contributed by atoms with Crippen molar-refractivity contribution in [1.82, 2.24) is 20.5 Å². The third-order valence-corrected chi connectivity index (χ3v) is 3.98. The Balaban J connectivity index is 1.58. The lowest BCUT2D eigenvalue weighted by Gasteiger charge is -2.40. The van der Waals surface area contributed by atoms with Gasteiger partial charge in [-0.1, -0.05) is 6.07 Å². The molecule has 1 fully saturated rings. The average molecular weight is 301 g/mol. The smallest absolute Gasteiger partial charge is 0.240 e. The molecule has 116 valence electrons. The molecule has 1 heterocycles. The van der Waals surface area contributed by atoms with Crippen molar-refractivity contribution in [3.8, 4) is 5.75 Å². The van der Waals surface area contributed by atoms with Crippen LogP contribution < -0.4 is 15.4 Å². The molecule has 1 saturated carbocycles. The molecule has 0 unspecified atom stereocenters. The van der Waals surface area contributed by atoms with E-state index in [4.69, 9.17) is 4.74 Å². The molecule has 1 aliphatic rings. The van der Waals surface area contributed by atoms with Crippen LogP contribution in [-0.4, -0.2) is 34.7 Å². The molecule has 22 heavy (non-hydrogen) atoms. The number of methoxy groups -OCH3 is 1. The molecule has 3 rings (SSSR count). The van der Waals surface area contributed by atoms with Crippen LogP contribution in [0, 0.1) is 0 Å². The molecule has 0 radical (unpaired) electrons. The summed E-state index contributed by atoms with van der Waals surface area (Å²) in [5, 5.41) is 12.9. The number of nitrogens with zero attached hydrogens (tertiary/aromatic N) is 2. The highest BCUT2D eigenvalue weighted by Gasteiger charge is 2.42. The SMILES string of the molecule is COc1cccc(NCC(=O)NC2(c3ncn[nH]3)CCC2)c1. The van der Waals surface area contributed by atoms with E-state index in [1.807, 2.05) is 24.3 Å². The molecule has 7 heteroatoms. The van der Waals surface area contributed by atoms with Crippen molar-refractivity contribution in [3.63, 3.8) is 0 Å². The molecule has 1 amide bonds. The van der Waals surface area contributed by atoms with Crippen molar-refractivity contribution in [2.45, 2.75) is 24.8 Å². The van der Waals surface area contributed by atoms with Crippen LogP contribution in [0.5, 0.6) is 5.75 Å². The van der Waals surface area contributed by atoms with E-state index in [0.717, 1.165) is 36.5 Å². The lowest BCUT2D eigenvalue weighted by Crippen LogP contribution is -2.53. The van der Waals surface area contributed by atoms with Crippen LogP contribution >= 0.6 is 0 Å². The van der Waals surface area contributed by atoms with Crippen LogP contribution in [0.25, 0.3) is 0 Å². The van der Waals surface area contributed by atoms with Gasteiger partial charge in [-0.25, -0.2) is 4.98 Å². The number of aromatic nitrogens is 3. The van der Waals surface area contributed by atoms with E-state index in [0.29, 0.717) is 0 Å². The molecule has 0 atom stereocenters. The Morgan fingerprint density at radius 3 is 2.95 bits per heavy atom. The number of aromatic amines is 1. The third kappa shape index (κ3) is 2.88. The molecule has 7 nitrogen and oxygen atoms in total. The fourth-order valence-corrected chi connectivity index (χ4v) is 2.61. The van der Waals surface area contributed by atoms with Gasteiger partial charge in [-0.3, -0.25) is 9.89 Å². The van der Waals surface area contributed by atoms with E-state index in [1.165, 1.54) is 6.33 Å². The quantitative estimate of drug-likeness (QED) is 0.750. The van der Waals surface area contributed by atoms with Gasteiger partial charge in [0.15, 0.2) is 0 Å². The minimum Gasteiger partial charge on any atom is -0.497 e. The highest BCUT2D eigenvalue weighted by molar-refractivity contribution is 5.81. The van der Waals surface area contributed by atoms with Crippen LogP contribution in [0.4, 0.5) is 5.69 Å². The van der Waals surface area contributed by atoms with Crippen molar-refractivity contribution in [2.75, 3.05) is 19.0 Å². The number of anilines is 1. The highest BCUT2D eigenvalue weighted by atomic mass is 16.5. The van der Waals surface area contributed by atoms with E-state index in [-0.39, 0.29) is 18.0 Å². The number of hydrogen-bond donors (Lipinski definition) is 3. The molecule has 0 aliphatic heterocycles. The van der Waals surface area contributed by atoms with Crippen LogP contribution in [0.2, 0.25) is 0 Å². The lowest BCUT2D eigenvalue weighted by molar-refractivity contribution is -0.122. The van der Waals surface area contributed by atoms with E-state index in [2.05, 4.69) is 25.8 Å². The first kappa shape index (κ1) is 14.4. The minimum atomic E-state index is -0.385. The summed E-state index contributed by atoms with van der Waals surface area (Å²) >= 11 is 0. The summed E-state index contributed by atoms with van der Waals surface area (Å²) in [6.45, 7) is 0.197. The monoisotopic (exact) mass is 301 g/mol. The summed E-state index contributed by atoms with van der Waals surface area (Å²) in [7, 11) is 1.61. The summed E-state index contributed by atoms with van der Waals surface area (Å²) < 4.78 is 5.16. The summed E-state index contributed by atoms with van der Waals surface area (Å²) in [5.74, 6) is 1.41.